The van der Waals surface area contributed by atoms with Crippen LogP contribution in [-0.4, -0.2) is 32.7 Å². The molecule has 1 N–H and O–H groups in total. The first-order valence-corrected chi connectivity index (χ1v) is 10.6. The van der Waals surface area contributed by atoms with E-state index in [9.17, 15) is 0 Å². The molecule has 0 atom stereocenters. The number of fused-ring (bicyclic) bond motifs is 2. The monoisotopic (exact) mass is 393 g/mol. The Morgan fingerprint density at radius 3 is 2.93 bits per heavy atom. The highest BCUT2D eigenvalue weighted by molar-refractivity contribution is 7.22. The van der Waals surface area contributed by atoms with Crippen molar-refractivity contribution in [3.63, 3.8) is 0 Å². The van der Waals surface area contributed by atoms with E-state index in [1.165, 1.54) is 42.4 Å². The van der Waals surface area contributed by atoms with E-state index in [4.69, 9.17) is 9.72 Å². The second kappa shape index (κ2) is 7.39. The summed E-state index contributed by atoms with van der Waals surface area (Å²) in [6, 6.07) is 10.8. The summed E-state index contributed by atoms with van der Waals surface area (Å²) in [6.45, 7) is 0. The van der Waals surface area contributed by atoms with Gasteiger partial charge in [0.05, 0.1) is 29.2 Å². The van der Waals surface area contributed by atoms with E-state index in [1.54, 1.807) is 18.4 Å². The van der Waals surface area contributed by atoms with Crippen molar-refractivity contribution in [3.8, 4) is 5.88 Å². The first-order valence-electron chi connectivity index (χ1n) is 9.82. The lowest BCUT2D eigenvalue weighted by Gasteiger charge is -2.22. The molecule has 3 aromatic heterocycles. The van der Waals surface area contributed by atoms with Gasteiger partial charge in [-0.25, -0.2) is 14.5 Å². The van der Waals surface area contributed by atoms with Crippen LogP contribution in [0.1, 0.15) is 43.4 Å². The second-order valence-corrected chi connectivity index (χ2v) is 8.40. The van der Waals surface area contributed by atoms with Gasteiger partial charge in [0.25, 0.3) is 0 Å². The maximum absolute atomic E-state index is 5.25. The Bertz CT molecular complexity index is 1110. The summed E-state index contributed by atoms with van der Waals surface area (Å²) in [7, 11) is 1.63. The van der Waals surface area contributed by atoms with Gasteiger partial charge in [0.2, 0.25) is 5.88 Å². The highest BCUT2D eigenvalue weighted by atomic mass is 32.1. The summed E-state index contributed by atoms with van der Waals surface area (Å²) in [6.07, 6.45) is 9.17. The topological polar surface area (TPSA) is 64.3 Å². The molecule has 3 heterocycles. The molecular weight excluding hydrogens is 370 g/mol. The molecule has 7 heteroatoms. The van der Waals surface area contributed by atoms with Crippen LogP contribution in [0, 0.1) is 0 Å². The van der Waals surface area contributed by atoms with Crippen molar-refractivity contribution in [2.75, 3.05) is 12.4 Å². The molecule has 144 valence electrons. The number of nitrogens with one attached hydrogen (secondary N) is 1. The Morgan fingerprint density at radius 1 is 1.18 bits per heavy atom. The maximum Gasteiger partial charge on any atom is 0.231 e. The van der Waals surface area contributed by atoms with Crippen LogP contribution in [0.25, 0.3) is 15.9 Å². The average Bonchev–Trinajstić information content (AvgIpc) is 3.31. The number of thiazole rings is 1. The Kier molecular flexibility index (Phi) is 4.60. The summed E-state index contributed by atoms with van der Waals surface area (Å²) in [5.41, 5.74) is 4.16. The SMILES string of the molecule is COc1ccc2ncc(Cc3ccc4nc(NC5CCCCC5)sc4c3)n2n1. The van der Waals surface area contributed by atoms with Gasteiger partial charge in [-0.2, -0.15) is 0 Å². The number of anilines is 1. The number of methoxy groups -OCH3 is 1. The van der Waals surface area contributed by atoms with Crippen molar-refractivity contribution in [1.82, 2.24) is 19.6 Å². The highest BCUT2D eigenvalue weighted by Crippen LogP contribution is 2.30. The Balaban J connectivity index is 1.39. The summed E-state index contributed by atoms with van der Waals surface area (Å²) in [5.74, 6) is 0.586. The molecule has 4 aromatic rings. The molecule has 0 unspecified atom stereocenters. The number of rotatable bonds is 5. The molecular formula is C21H23N5OS. The van der Waals surface area contributed by atoms with Crippen LogP contribution in [0.5, 0.6) is 5.88 Å². The Hall–Kier alpha value is -2.67. The molecule has 1 aliphatic rings. The van der Waals surface area contributed by atoms with Crippen molar-refractivity contribution >= 4 is 32.3 Å². The van der Waals surface area contributed by atoms with E-state index in [-0.39, 0.29) is 0 Å². The molecule has 28 heavy (non-hydrogen) atoms. The fourth-order valence-electron chi connectivity index (χ4n) is 3.90. The van der Waals surface area contributed by atoms with Gasteiger partial charge in [-0.1, -0.05) is 36.7 Å². The zero-order valence-corrected chi connectivity index (χ0v) is 16.7. The number of nitrogens with zero attached hydrogens (tertiary/aromatic N) is 4. The average molecular weight is 394 g/mol. The quantitative estimate of drug-likeness (QED) is 0.533. The van der Waals surface area contributed by atoms with Crippen molar-refractivity contribution in [2.45, 2.75) is 44.6 Å². The van der Waals surface area contributed by atoms with Crippen molar-refractivity contribution in [1.29, 1.82) is 0 Å². The van der Waals surface area contributed by atoms with Crippen molar-refractivity contribution in [3.05, 3.63) is 47.8 Å². The van der Waals surface area contributed by atoms with E-state index in [1.807, 2.05) is 22.8 Å². The van der Waals surface area contributed by atoms with Gasteiger partial charge < -0.3 is 10.1 Å². The van der Waals surface area contributed by atoms with Gasteiger partial charge in [-0.3, -0.25) is 0 Å². The number of imidazole rings is 1. The highest BCUT2D eigenvalue weighted by Gasteiger charge is 2.15. The third kappa shape index (κ3) is 3.42. The number of hydrogen-bond acceptors (Lipinski definition) is 6. The zero-order valence-electron chi connectivity index (χ0n) is 15.9. The van der Waals surface area contributed by atoms with Crippen LogP contribution in [0.15, 0.2) is 36.5 Å². The van der Waals surface area contributed by atoms with Gasteiger partial charge in [-0.05, 0) is 36.6 Å². The molecule has 0 saturated heterocycles. The van der Waals surface area contributed by atoms with Crippen LogP contribution < -0.4 is 10.1 Å². The lowest BCUT2D eigenvalue weighted by Crippen LogP contribution is -2.21. The zero-order chi connectivity index (χ0) is 18.9. The van der Waals surface area contributed by atoms with Gasteiger partial charge >= 0.3 is 0 Å². The van der Waals surface area contributed by atoms with E-state index in [0.29, 0.717) is 11.9 Å². The standard InChI is InChI=1S/C21H23N5OS/c1-27-20-10-9-19-22-13-16(26(19)25-20)11-14-7-8-17-18(12-14)28-21(24-17)23-15-5-3-2-4-6-15/h7-10,12-13,15H,2-6,11H2,1H3,(H,23,24). The molecule has 6 nitrogen and oxygen atoms in total. The third-order valence-corrected chi connectivity index (χ3v) is 6.34. The van der Waals surface area contributed by atoms with Crippen LogP contribution in [0.4, 0.5) is 5.13 Å². The molecule has 1 aromatic carbocycles. The summed E-state index contributed by atoms with van der Waals surface area (Å²) < 4.78 is 8.32. The van der Waals surface area contributed by atoms with E-state index >= 15 is 0 Å². The largest absolute Gasteiger partial charge is 0.480 e. The van der Waals surface area contributed by atoms with Crippen LogP contribution >= 0.6 is 11.3 Å². The predicted molar refractivity (Wildman–Crippen MR) is 112 cm³/mol. The van der Waals surface area contributed by atoms with Crippen LogP contribution in [0.3, 0.4) is 0 Å². The summed E-state index contributed by atoms with van der Waals surface area (Å²) in [5, 5.41) is 9.18. The smallest absolute Gasteiger partial charge is 0.231 e. The minimum atomic E-state index is 0.577. The normalized spacial score (nSPS) is 15.3. The van der Waals surface area contributed by atoms with Crippen LogP contribution in [0.2, 0.25) is 0 Å². The molecule has 0 bridgehead atoms. The van der Waals surface area contributed by atoms with Gasteiger partial charge in [0.1, 0.15) is 0 Å². The molecule has 5 rings (SSSR count). The van der Waals surface area contributed by atoms with Crippen molar-refractivity contribution in [2.24, 2.45) is 0 Å². The summed E-state index contributed by atoms with van der Waals surface area (Å²) in [4.78, 5) is 9.23. The van der Waals surface area contributed by atoms with Crippen LogP contribution in [-0.2, 0) is 6.42 Å². The predicted octanol–water partition coefficient (Wildman–Crippen LogP) is 4.68. The van der Waals surface area contributed by atoms with Crippen molar-refractivity contribution < 1.29 is 4.74 Å². The van der Waals surface area contributed by atoms with E-state index < -0.39 is 0 Å². The number of hydrogen-bond donors (Lipinski definition) is 1. The lowest BCUT2D eigenvalue weighted by molar-refractivity contribution is 0.389. The minimum absolute atomic E-state index is 0.577. The first kappa shape index (κ1) is 17.4. The molecule has 1 aliphatic carbocycles. The maximum atomic E-state index is 5.25. The molecule has 0 amide bonds. The van der Waals surface area contributed by atoms with E-state index in [2.05, 4.69) is 33.6 Å². The van der Waals surface area contributed by atoms with Gasteiger partial charge in [-0.15, -0.1) is 5.10 Å². The molecule has 1 saturated carbocycles. The number of benzene rings is 1. The lowest BCUT2D eigenvalue weighted by atomic mass is 9.96. The molecule has 1 fully saturated rings. The fraction of sp³-hybridized carbons (Fsp3) is 0.381. The first-order chi connectivity index (χ1) is 13.8. The third-order valence-electron chi connectivity index (χ3n) is 5.39. The van der Waals surface area contributed by atoms with Gasteiger partial charge in [0.15, 0.2) is 10.8 Å². The van der Waals surface area contributed by atoms with E-state index in [0.717, 1.165) is 28.4 Å². The molecule has 0 spiro atoms. The summed E-state index contributed by atoms with van der Waals surface area (Å²) >= 11 is 1.75. The molecule has 0 aliphatic heterocycles. The second-order valence-electron chi connectivity index (χ2n) is 7.37. The molecule has 0 radical (unpaired) electrons. The number of ether oxygens (including phenoxy) is 1. The van der Waals surface area contributed by atoms with Gasteiger partial charge in [0, 0.05) is 18.5 Å². The Labute approximate surface area is 167 Å². The Morgan fingerprint density at radius 2 is 2.07 bits per heavy atom. The minimum Gasteiger partial charge on any atom is -0.480 e. The number of aromatic nitrogens is 4. The fourth-order valence-corrected chi connectivity index (χ4v) is 4.91.